The highest BCUT2D eigenvalue weighted by molar-refractivity contribution is 6.22. The van der Waals surface area contributed by atoms with Gasteiger partial charge in [-0.05, 0) is 198 Å². The highest BCUT2D eigenvalue weighted by Crippen LogP contribution is 2.60. The highest BCUT2D eigenvalue weighted by Gasteiger charge is 2.48. The van der Waals surface area contributed by atoms with E-state index in [2.05, 4.69) is 337 Å². The number of benzene rings is 16. The van der Waals surface area contributed by atoms with Crippen LogP contribution in [0.1, 0.15) is 44.5 Å². The zero-order valence-corrected chi connectivity index (χ0v) is 53.7. The minimum absolute atomic E-state index is 0.585. The molecular formula is C94H64N2O2. The molecule has 0 aliphatic heterocycles. The second-order valence-corrected chi connectivity index (χ2v) is 25.4. The molecule has 0 radical (unpaired) electrons. The summed E-state index contributed by atoms with van der Waals surface area (Å²) >= 11 is 0. The maximum atomic E-state index is 6.49. The number of rotatable bonds is 15. The predicted octanol–water partition coefficient (Wildman–Crippen LogP) is 24.9. The third kappa shape index (κ3) is 9.52. The quantitative estimate of drug-likeness (QED) is 0.0955. The van der Waals surface area contributed by atoms with Crippen LogP contribution >= 0.6 is 0 Å². The number of hydrogen-bond donors (Lipinski definition) is 0. The molecule has 0 spiro atoms. The molecule has 2 aliphatic carbocycles. The molecule has 0 heterocycles. The molecule has 0 saturated carbocycles. The maximum absolute atomic E-state index is 6.49. The molecule has 4 heteroatoms. The zero-order valence-electron chi connectivity index (χ0n) is 53.7. The van der Waals surface area contributed by atoms with Crippen molar-refractivity contribution in [2.24, 2.45) is 0 Å². The van der Waals surface area contributed by atoms with Gasteiger partial charge in [-0.2, -0.15) is 0 Å². The first-order valence-electron chi connectivity index (χ1n) is 33.6. The number of fused-ring (bicyclic) bond motifs is 8. The largest absolute Gasteiger partial charge is 0.457 e. The summed E-state index contributed by atoms with van der Waals surface area (Å²) in [4.78, 5) is 4.88. The Hall–Kier alpha value is -12.8. The smallest absolute Gasteiger partial charge is 0.127 e. The first kappa shape index (κ1) is 57.9. The van der Waals surface area contributed by atoms with Gasteiger partial charge in [-0.3, -0.25) is 0 Å². The van der Waals surface area contributed by atoms with Crippen LogP contribution in [-0.2, 0) is 10.8 Å². The van der Waals surface area contributed by atoms with Crippen LogP contribution < -0.4 is 19.3 Å². The molecule has 2 aliphatic rings. The minimum Gasteiger partial charge on any atom is -0.457 e. The molecule has 0 unspecified atom stereocenters. The molecule has 98 heavy (non-hydrogen) atoms. The van der Waals surface area contributed by atoms with Crippen molar-refractivity contribution < 1.29 is 9.47 Å². The van der Waals surface area contributed by atoms with Gasteiger partial charge in [0.1, 0.15) is 23.0 Å². The van der Waals surface area contributed by atoms with E-state index in [1.807, 2.05) is 60.7 Å². The summed E-state index contributed by atoms with van der Waals surface area (Å²) < 4.78 is 12.9. The molecule has 4 nitrogen and oxygen atoms in total. The van der Waals surface area contributed by atoms with Crippen LogP contribution in [0.25, 0.3) is 54.9 Å². The van der Waals surface area contributed by atoms with Crippen molar-refractivity contribution in [1.82, 2.24) is 0 Å². The van der Waals surface area contributed by atoms with E-state index >= 15 is 0 Å². The number of para-hydroxylation sites is 2. The molecule has 0 bridgehead atoms. The van der Waals surface area contributed by atoms with Crippen LogP contribution in [-0.4, -0.2) is 0 Å². The lowest BCUT2D eigenvalue weighted by Gasteiger charge is -2.35. The number of nitrogens with zero attached hydrogens (tertiary/aromatic N) is 2. The van der Waals surface area contributed by atoms with Crippen molar-refractivity contribution >= 4 is 55.7 Å². The third-order valence-corrected chi connectivity index (χ3v) is 20.1. The molecule has 0 saturated heterocycles. The van der Waals surface area contributed by atoms with E-state index in [1.54, 1.807) is 0 Å². The molecule has 462 valence electrons. The van der Waals surface area contributed by atoms with Crippen molar-refractivity contribution in [3.63, 3.8) is 0 Å². The van der Waals surface area contributed by atoms with Crippen molar-refractivity contribution in [2.45, 2.75) is 10.8 Å². The molecule has 16 aromatic rings. The fraction of sp³-hybridized carbons (Fsp3) is 0.0213. The summed E-state index contributed by atoms with van der Waals surface area (Å²) in [6.07, 6.45) is 0. The van der Waals surface area contributed by atoms with Crippen LogP contribution in [0.15, 0.2) is 388 Å². The summed E-state index contributed by atoms with van der Waals surface area (Å²) in [5.41, 5.74) is 22.1. The number of anilines is 6. The van der Waals surface area contributed by atoms with E-state index in [1.165, 1.54) is 66.8 Å². The topological polar surface area (TPSA) is 24.9 Å². The summed E-state index contributed by atoms with van der Waals surface area (Å²) in [6.45, 7) is 0. The lowest BCUT2D eigenvalue weighted by atomic mass is 9.67. The molecule has 0 aromatic heterocycles. The average molecular weight is 1250 g/mol. The van der Waals surface area contributed by atoms with Gasteiger partial charge in [-0.15, -0.1) is 0 Å². The van der Waals surface area contributed by atoms with Gasteiger partial charge < -0.3 is 19.3 Å². The Bertz CT molecular complexity index is 5460. The van der Waals surface area contributed by atoms with Crippen molar-refractivity contribution in [1.29, 1.82) is 0 Å². The van der Waals surface area contributed by atoms with Gasteiger partial charge in [0.25, 0.3) is 0 Å². The van der Waals surface area contributed by atoms with Gasteiger partial charge in [-0.1, -0.05) is 279 Å². The van der Waals surface area contributed by atoms with Crippen molar-refractivity contribution in [2.75, 3.05) is 9.80 Å². The second-order valence-electron chi connectivity index (χ2n) is 25.4. The van der Waals surface area contributed by atoms with Gasteiger partial charge in [0, 0.05) is 39.2 Å². The Balaban J connectivity index is 0.814. The molecule has 16 aromatic carbocycles. The first-order valence-corrected chi connectivity index (χ1v) is 33.6. The maximum Gasteiger partial charge on any atom is 0.127 e. The summed E-state index contributed by atoms with van der Waals surface area (Å²) in [7, 11) is 0. The van der Waals surface area contributed by atoms with Crippen molar-refractivity contribution in [3.05, 3.63) is 433 Å². The first-order chi connectivity index (χ1) is 48.6. The fourth-order valence-electron chi connectivity index (χ4n) is 16.0. The van der Waals surface area contributed by atoms with E-state index in [0.717, 1.165) is 89.8 Å². The highest BCUT2D eigenvalue weighted by atomic mass is 16.5. The Labute approximate surface area is 571 Å². The number of ether oxygens (including phenoxy) is 2. The van der Waals surface area contributed by atoms with Crippen LogP contribution in [0.2, 0.25) is 0 Å². The Morgan fingerprint density at radius 3 is 0.888 bits per heavy atom. The molecular weight excluding hydrogens is 1190 g/mol. The average Bonchev–Trinajstić information content (AvgIpc) is 1.52. The van der Waals surface area contributed by atoms with E-state index in [4.69, 9.17) is 9.47 Å². The molecule has 0 amide bonds. The van der Waals surface area contributed by atoms with Gasteiger partial charge in [0.05, 0.1) is 16.5 Å². The van der Waals surface area contributed by atoms with Gasteiger partial charge >= 0.3 is 0 Å². The summed E-state index contributed by atoms with van der Waals surface area (Å²) in [5.74, 6) is 3.09. The van der Waals surface area contributed by atoms with E-state index < -0.39 is 10.8 Å². The minimum atomic E-state index is -0.610. The van der Waals surface area contributed by atoms with Crippen LogP contribution in [0, 0.1) is 0 Å². The zero-order chi connectivity index (χ0) is 65.0. The number of hydrogen-bond acceptors (Lipinski definition) is 4. The molecule has 0 atom stereocenters. The normalized spacial score (nSPS) is 12.9. The standard InChI is InChI=1S/C94H64N2O2/c1-7-27-66(28-8-1)93(67-29-9-2-10-30-67)87-45-25-23-39-79(87)81-61-55-73(63-89(81)93)95(71-51-57-77(58-52-71)97-75-35-15-5-16-36-75)70-49-47-65(48-50-70)91-83-41-19-21-43-85(83)92(86-44-22-20-42-84(86)91)96(72-53-59-78(60-54-72)98-76-37-17-6-18-38-76)74-56-62-82-80-40-24-26-46-88(80)94(90(82)64-74,68-31-11-3-12-32-68)69-33-13-4-14-34-69/h1-64H. The lowest BCUT2D eigenvalue weighted by Crippen LogP contribution is -2.28. The molecule has 0 fully saturated rings. The van der Waals surface area contributed by atoms with Gasteiger partial charge in [-0.25, -0.2) is 0 Å². The lowest BCUT2D eigenvalue weighted by molar-refractivity contribution is 0.482. The summed E-state index contributed by atoms with van der Waals surface area (Å²) in [5, 5.41) is 4.52. The Morgan fingerprint density at radius 1 is 0.204 bits per heavy atom. The summed E-state index contributed by atoms with van der Waals surface area (Å²) in [6, 6.07) is 141. The Kier molecular flexibility index (Phi) is 14.3. The predicted molar refractivity (Wildman–Crippen MR) is 404 cm³/mol. The molecule has 0 N–H and O–H groups in total. The fourth-order valence-corrected chi connectivity index (χ4v) is 16.0. The van der Waals surface area contributed by atoms with Crippen LogP contribution in [0.4, 0.5) is 34.1 Å². The second kappa shape index (κ2) is 24.2. The van der Waals surface area contributed by atoms with E-state index in [9.17, 15) is 0 Å². The SMILES string of the molecule is c1ccc(Oc2ccc(N(c3ccc(-c4c5ccccc5c(N(c5ccc(Oc6ccccc6)cc5)c5ccc6c(c5)C(c5ccccc5)(c5ccccc5)c5ccccc5-6)c5ccccc45)cc3)c3ccc4c(c3)C(c3ccccc3)(c3ccccc3)c3ccccc3-4)cc2)cc1. The van der Waals surface area contributed by atoms with Gasteiger partial charge in [0.2, 0.25) is 0 Å². The molecule has 18 rings (SSSR count). The van der Waals surface area contributed by atoms with E-state index in [-0.39, 0.29) is 0 Å². The van der Waals surface area contributed by atoms with Crippen LogP contribution in [0.3, 0.4) is 0 Å². The van der Waals surface area contributed by atoms with Crippen LogP contribution in [0.5, 0.6) is 23.0 Å². The van der Waals surface area contributed by atoms with Gasteiger partial charge in [0.15, 0.2) is 0 Å². The van der Waals surface area contributed by atoms with E-state index in [0.29, 0.717) is 0 Å². The Morgan fingerprint density at radius 2 is 0.490 bits per heavy atom. The monoisotopic (exact) mass is 1250 g/mol. The van der Waals surface area contributed by atoms with Crippen molar-refractivity contribution in [3.8, 4) is 56.4 Å². The third-order valence-electron chi connectivity index (χ3n) is 20.1.